The summed E-state index contributed by atoms with van der Waals surface area (Å²) < 4.78 is 0. The van der Waals surface area contributed by atoms with Crippen molar-refractivity contribution < 1.29 is 4.79 Å². The molecule has 2 heteroatoms. The average molecular weight is 196 g/mol. The minimum absolute atomic E-state index is 0.183. The first kappa shape index (κ1) is 10.5. The summed E-state index contributed by atoms with van der Waals surface area (Å²) in [7, 11) is 0. The van der Waals surface area contributed by atoms with E-state index in [1.807, 2.05) is 6.07 Å². The molecule has 0 saturated heterocycles. The Kier molecular flexibility index (Phi) is 3.67. The second kappa shape index (κ2) is 4.56. The first-order valence-corrected chi connectivity index (χ1v) is 5.61. The molecule has 1 aromatic heterocycles. The molecule has 0 aromatic carbocycles. The zero-order chi connectivity index (χ0) is 9.84. The normalized spacial score (nSPS) is 10.8. The van der Waals surface area contributed by atoms with Gasteiger partial charge in [0.05, 0.1) is 4.88 Å². The smallest absolute Gasteiger partial charge is 0.169 e. The van der Waals surface area contributed by atoms with Gasteiger partial charge >= 0.3 is 0 Å². The summed E-state index contributed by atoms with van der Waals surface area (Å²) in [5.74, 6) is 0.820. The summed E-state index contributed by atoms with van der Waals surface area (Å²) in [6.45, 7) is 6.02. The molecule has 0 fully saturated rings. The van der Waals surface area contributed by atoms with Crippen LogP contribution in [0, 0.1) is 0 Å². The Morgan fingerprint density at radius 3 is 2.38 bits per heavy atom. The number of rotatable bonds is 4. The summed E-state index contributed by atoms with van der Waals surface area (Å²) in [5, 5.41) is 0. The van der Waals surface area contributed by atoms with Gasteiger partial charge in [-0.05, 0) is 37.8 Å². The van der Waals surface area contributed by atoms with Crippen molar-refractivity contribution in [1.82, 2.24) is 0 Å². The summed E-state index contributed by atoms with van der Waals surface area (Å²) in [6, 6.07) is 4.04. The lowest BCUT2D eigenvalue weighted by molar-refractivity contribution is 0.102. The van der Waals surface area contributed by atoms with Crippen molar-refractivity contribution in [2.24, 2.45) is 0 Å². The number of carbonyl (C=O) groups is 1. The molecule has 0 N–H and O–H groups in total. The van der Waals surface area contributed by atoms with Crippen LogP contribution in [0.15, 0.2) is 12.1 Å². The van der Waals surface area contributed by atoms with Crippen LogP contribution in [-0.2, 0) is 0 Å². The molecule has 72 valence electrons. The lowest BCUT2D eigenvalue weighted by Crippen LogP contribution is -1.90. The van der Waals surface area contributed by atoms with Gasteiger partial charge in [0, 0.05) is 4.88 Å². The zero-order valence-electron chi connectivity index (χ0n) is 8.46. The fourth-order valence-electron chi connectivity index (χ4n) is 1.45. The molecule has 0 saturated carbocycles. The minimum Gasteiger partial charge on any atom is -0.294 e. The van der Waals surface area contributed by atoms with Gasteiger partial charge in [-0.25, -0.2) is 0 Å². The summed E-state index contributed by atoms with van der Waals surface area (Å²) in [6.07, 6.45) is 2.32. The molecule has 13 heavy (non-hydrogen) atoms. The van der Waals surface area contributed by atoms with Crippen LogP contribution in [0.5, 0.6) is 0 Å². The molecule has 0 aliphatic rings. The molecule has 1 nitrogen and oxygen atoms in total. The van der Waals surface area contributed by atoms with E-state index in [1.54, 1.807) is 18.3 Å². The summed E-state index contributed by atoms with van der Waals surface area (Å²) >= 11 is 1.65. The van der Waals surface area contributed by atoms with Gasteiger partial charge in [0.15, 0.2) is 5.78 Å². The third kappa shape index (κ3) is 2.41. The van der Waals surface area contributed by atoms with Crippen molar-refractivity contribution in [3.8, 4) is 0 Å². The number of carbonyl (C=O) groups excluding carboxylic acids is 1. The molecular weight excluding hydrogens is 180 g/mol. The van der Waals surface area contributed by atoms with E-state index in [-0.39, 0.29) is 5.78 Å². The van der Waals surface area contributed by atoms with Crippen LogP contribution in [0.25, 0.3) is 0 Å². The maximum atomic E-state index is 11.1. The molecule has 0 unspecified atom stereocenters. The molecule has 0 bridgehead atoms. The van der Waals surface area contributed by atoms with E-state index in [2.05, 4.69) is 19.9 Å². The van der Waals surface area contributed by atoms with Gasteiger partial charge in [0.1, 0.15) is 0 Å². The molecule has 0 amide bonds. The van der Waals surface area contributed by atoms with Crippen LogP contribution in [-0.4, -0.2) is 5.78 Å². The maximum absolute atomic E-state index is 11.1. The minimum atomic E-state index is 0.183. The van der Waals surface area contributed by atoms with Gasteiger partial charge in [-0.3, -0.25) is 4.79 Å². The molecule has 0 atom stereocenters. The number of hydrogen-bond donors (Lipinski definition) is 0. The fraction of sp³-hybridized carbons (Fsp3) is 0.545. The zero-order valence-corrected chi connectivity index (χ0v) is 9.28. The number of ketones is 1. The molecular formula is C11H16OS. The number of hydrogen-bond acceptors (Lipinski definition) is 2. The first-order valence-electron chi connectivity index (χ1n) is 4.79. The van der Waals surface area contributed by atoms with Crippen molar-refractivity contribution in [2.75, 3.05) is 0 Å². The van der Waals surface area contributed by atoms with Gasteiger partial charge in [0.2, 0.25) is 0 Å². The van der Waals surface area contributed by atoms with E-state index in [4.69, 9.17) is 0 Å². The van der Waals surface area contributed by atoms with Gasteiger partial charge < -0.3 is 0 Å². The predicted molar refractivity (Wildman–Crippen MR) is 57.6 cm³/mol. The fourth-order valence-corrected chi connectivity index (χ4v) is 2.62. The standard InChI is InChI=1S/C11H16OS/c1-4-9(5-2)11-7-6-10(13-11)8(3)12/h6-7,9H,4-5H2,1-3H3. The van der Waals surface area contributed by atoms with Crippen molar-refractivity contribution in [3.05, 3.63) is 21.9 Å². The summed E-state index contributed by atoms with van der Waals surface area (Å²) in [5.41, 5.74) is 0. The highest BCUT2D eigenvalue weighted by Gasteiger charge is 2.11. The Morgan fingerprint density at radius 2 is 2.00 bits per heavy atom. The monoisotopic (exact) mass is 196 g/mol. The van der Waals surface area contributed by atoms with Crippen LogP contribution >= 0.6 is 11.3 Å². The third-order valence-corrected chi connectivity index (χ3v) is 3.71. The van der Waals surface area contributed by atoms with Gasteiger partial charge in [0.25, 0.3) is 0 Å². The molecule has 1 aromatic rings. The highest BCUT2D eigenvalue weighted by atomic mass is 32.1. The largest absolute Gasteiger partial charge is 0.294 e. The average Bonchev–Trinajstić information content (AvgIpc) is 2.56. The highest BCUT2D eigenvalue weighted by Crippen LogP contribution is 2.29. The van der Waals surface area contributed by atoms with E-state index in [9.17, 15) is 4.79 Å². The Balaban J connectivity index is 2.84. The first-order chi connectivity index (χ1) is 6.19. The van der Waals surface area contributed by atoms with Crippen molar-refractivity contribution in [2.45, 2.75) is 39.5 Å². The van der Waals surface area contributed by atoms with Crippen LogP contribution in [0.1, 0.15) is 54.1 Å². The quantitative estimate of drug-likeness (QED) is 0.668. The van der Waals surface area contributed by atoms with Gasteiger partial charge in [-0.2, -0.15) is 0 Å². The molecule has 0 radical (unpaired) electrons. The Morgan fingerprint density at radius 1 is 1.38 bits per heavy atom. The lowest BCUT2D eigenvalue weighted by atomic mass is 10.0. The molecule has 0 spiro atoms. The second-order valence-electron chi connectivity index (χ2n) is 3.27. The second-order valence-corrected chi connectivity index (χ2v) is 4.39. The summed E-state index contributed by atoms with van der Waals surface area (Å²) in [4.78, 5) is 13.3. The lowest BCUT2D eigenvalue weighted by Gasteiger charge is -2.08. The topological polar surface area (TPSA) is 17.1 Å². The van der Waals surface area contributed by atoms with Crippen LogP contribution in [0.2, 0.25) is 0 Å². The van der Waals surface area contributed by atoms with Crippen molar-refractivity contribution in [3.63, 3.8) is 0 Å². The number of thiophene rings is 1. The predicted octanol–water partition coefficient (Wildman–Crippen LogP) is 3.85. The highest BCUT2D eigenvalue weighted by molar-refractivity contribution is 7.14. The number of Topliss-reactive ketones (excluding diaryl/α,β-unsaturated/α-hetero) is 1. The van der Waals surface area contributed by atoms with Gasteiger partial charge in [-0.1, -0.05) is 13.8 Å². The van der Waals surface area contributed by atoms with E-state index in [0.717, 1.165) is 17.7 Å². The molecule has 0 aliphatic carbocycles. The van der Waals surface area contributed by atoms with E-state index < -0.39 is 0 Å². The Labute approximate surface area is 83.8 Å². The van der Waals surface area contributed by atoms with Crippen LogP contribution < -0.4 is 0 Å². The Hall–Kier alpha value is -0.630. The molecule has 1 rings (SSSR count). The van der Waals surface area contributed by atoms with E-state index in [1.165, 1.54) is 4.88 Å². The molecule has 1 heterocycles. The molecule has 0 aliphatic heterocycles. The van der Waals surface area contributed by atoms with Crippen molar-refractivity contribution >= 4 is 17.1 Å². The third-order valence-electron chi connectivity index (χ3n) is 2.36. The maximum Gasteiger partial charge on any atom is 0.169 e. The van der Waals surface area contributed by atoms with Crippen LogP contribution in [0.4, 0.5) is 0 Å². The van der Waals surface area contributed by atoms with E-state index >= 15 is 0 Å². The van der Waals surface area contributed by atoms with Gasteiger partial charge in [-0.15, -0.1) is 11.3 Å². The van der Waals surface area contributed by atoms with Crippen LogP contribution in [0.3, 0.4) is 0 Å². The van der Waals surface area contributed by atoms with E-state index in [0.29, 0.717) is 5.92 Å². The van der Waals surface area contributed by atoms with Crippen molar-refractivity contribution in [1.29, 1.82) is 0 Å². The SMILES string of the molecule is CCC(CC)c1ccc(C(C)=O)s1. The Bertz CT molecular complexity index is 284.